The van der Waals surface area contributed by atoms with Gasteiger partial charge in [0.25, 0.3) is 0 Å². The Kier molecular flexibility index (Phi) is 24.5. The first-order valence-corrected chi connectivity index (χ1v) is 25.6. The maximum Gasteiger partial charge on any atom is 0.245 e. The number of nitrogens with one attached hydrogen (secondary N) is 9. The lowest BCUT2D eigenvalue weighted by molar-refractivity contribution is -0.137. The highest BCUT2D eigenvalue weighted by Crippen LogP contribution is 2.20. The summed E-state index contributed by atoms with van der Waals surface area (Å²) in [4.78, 5) is 125. The zero-order chi connectivity index (χ0) is 55.2. The number of fused-ring (bicyclic) bond motifs is 1. The maximum absolute atomic E-state index is 14.7. The van der Waals surface area contributed by atoms with Crippen molar-refractivity contribution >= 4 is 89.3 Å². The highest BCUT2D eigenvalue weighted by molar-refractivity contribution is 7.80. The van der Waals surface area contributed by atoms with Gasteiger partial charge in [0, 0.05) is 54.8 Å². The molecule has 0 radical (unpaired) electrons. The third-order valence-corrected chi connectivity index (χ3v) is 12.7. The average molecular weight is 1080 g/mol. The number of hydrogen-bond acceptors (Lipinski definition) is 14. The number of aliphatic hydroxyl groups is 2. The molecule has 0 bridgehead atoms. The Balaban J connectivity index is 1.63. The molecule has 1 heterocycles. The van der Waals surface area contributed by atoms with Gasteiger partial charge in [-0.05, 0) is 62.4 Å². The second-order valence-corrected chi connectivity index (χ2v) is 18.7. The van der Waals surface area contributed by atoms with Crippen LogP contribution >= 0.6 is 25.3 Å². The Morgan fingerprint density at radius 3 is 1.43 bits per heavy atom. The molecule has 10 atom stereocenters. The van der Waals surface area contributed by atoms with Gasteiger partial charge in [-0.3, -0.25) is 43.2 Å². The fourth-order valence-corrected chi connectivity index (χ4v) is 8.45. The van der Waals surface area contributed by atoms with Crippen molar-refractivity contribution in [1.82, 2.24) is 47.5 Å². The van der Waals surface area contributed by atoms with Crippen LogP contribution in [0.25, 0.3) is 10.9 Å². The number of rotatable bonds is 30. The van der Waals surface area contributed by atoms with Crippen molar-refractivity contribution in [2.75, 3.05) is 18.1 Å². The standard InChI is InChI=1S/C51H69N11O11S2/c1-28(63)42(44(53)66)61-50(72)41(27-75)60-51(73)43(29(2)64)62-45(67)36(20-12-13-21-52)56-48(70)39(24-33-25-54-35-19-11-10-18-34(33)35)58-47(69)38(23-32-16-8-5-9-17-32)57-49(71)40(26-74)59-46(68)37(55-30(3)65)22-31-14-6-4-7-15-31/h4-11,14-19,25,28-29,36-43,54,63-64,74-75H,12-13,20-24,26-27,52H2,1-3H3,(H2,53,66)(H,55,65)(H,56,70)(H,57,71)(H,58,69)(H,59,68)(H,60,73)(H,61,72)(H,62,67)/t28-,29-,36+,37+,38+,39-,40+,41+,42+,43+/m1/s1. The number of thiol groups is 2. The quantitative estimate of drug-likeness (QED) is 0.0206. The molecule has 406 valence electrons. The number of H-pyrrole nitrogens is 1. The number of amides is 9. The average Bonchev–Trinajstić information content (AvgIpc) is 3.79. The number of aliphatic hydroxyl groups excluding tert-OH is 2. The Labute approximate surface area is 445 Å². The summed E-state index contributed by atoms with van der Waals surface area (Å²) in [6.45, 7) is 3.92. The minimum absolute atomic E-state index is 0.0239. The van der Waals surface area contributed by atoms with E-state index in [1.807, 2.05) is 18.2 Å². The number of para-hydroxylation sites is 1. The molecule has 15 N–H and O–H groups in total. The smallest absolute Gasteiger partial charge is 0.245 e. The Bertz CT molecular complexity index is 2570. The topological polar surface area (TPSA) is 358 Å². The summed E-state index contributed by atoms with van der Waals surface area (Å²) < 4.78 is 0. The van der Waals surface area contributed by atoms with Gasteiger partial charge in [-0.15, -0.1) is 0 Å². The van der Waals surface area contributed by atoms with Gasteiger partial charge in [-0.2, -0.15) is 25.3 Å². The lowest BCUT2D eigenvalue weighted by Gasteiger charge is -2.28. The van der Waals surface area contributed by atoms with Crippen LogP contribution < -0.4 is 54.0 Å². The Hall–Kier alpha value is -6.99. The SMILES string of the molecule is CC(=O)N[C@@H](Cc1ccccc1)C(=O)N[C@@H](CS)C(=O)N[C@@H](Cc1ccccc1)C(=O)N[C@H](Cc1c[nH]c2ccccc12)C(=O)N[C@@H](CCCCN)C(=O)N[C@H](C(=O)N[C@@H](CS)C(=O)N[C@H](C(N)=O)[C@@H](C)O)[C@@H](C)O. The van der Waals surface area contributed by atoms with Gasteiger partial charge in [-0.25, -0.2) is 0 Å². The number of carbonyl (C=O) groups excluding carboxylic acids is 9. The van der Waals surface area contributed by atoms with Gasteiger partial charge in [0.1, 0.15) is 48.3 Å². The molecule has 22 nitrogen and oxygen atoms in total. The van der Waals surface area contributed by atoms with Crippen LogP contribution in [0.4, 0.5) is 0 Å². The number of unbranched alkanes of at least 4 members (excludes halogenated alkanes) is 1. The molecular formula is C51H69N11O11S2. The maximum atomic E-state index is 14.7. The molecule has 24 heteroatoms. The van der Waals surface area contributed by atoms with E-state index in [2.05, 4.69) is 72.8 Å². The van der Waals surface area contributed by atoms with Crippen LogP contribution in [-0.2, 0) is 62.4 Å². The zero-order valence-electron chi connectivity index (χ0n) is 41.9. The summed E-state index contributed by atoms with van der Waals surface area (Å²) in [7, 11) is 0. The molecule has 0 saturated heterocycles. The summed E-state index contributed by atoms with van der Waals surface area (Å²) >= 11 is 8.46. The van der Waals surface area contributed by atoms with Gasteiger partial charge in [0.05, 0.1) is 12.2 Å². The molecule has 0 fully saturated rings. The summed E-state index contributed by atoms with van der Waals surface area (Å²) in [5, 5.41) is 42.0. The molecule has 4 rings (SSSR count). The third kappa shape index (κ3) is 19.0. The van der Waals surface area contributed by atoms with E-state index in [9.17, 15) is 53.4 Å². The van der Waals surface area contributed by atoms with Crippen LogP contribution in [0, 0.1) is 0 Å². The van der Waals surface area contributed by atoms with Crippen LogP contribution in [0.1, 0.15) is 56.7 Å². The Morgan fingerprint density at radius 1 is 0.520 bits per heavy atom. The lowest BCUT2D eigenvalue weighted by Crippen LogP contribution is -2.62. The molecule has 0 aliphatic carbocycles. The summed E-state index contributed by atoms with van der Waals surface area (Å²) in [5.41, 5.74) is 13.8. The zero-order valence-corrected chi connectivity index (χ0v) is 43.7. The molecule has 0 aliphatic rings. The predicted molar refractivity (Wildman–Crippen MR) is 287 cm³/mol. The lowest BCUT2D eigenvalue weighted by atomic mass is 10.0. The summed E-state index contributed by atoms with van der Waals surface area (Å²) in [6.07, 6.45) is -0.686. The Morgan fingerprint density at radius 2 is 0.933 bits per heavy atom. The van der Waals surface area contributed by atoms with E-state index in [0.717, 1.165) is 16.5 Å². The van der Waals surface area contributed by atoms with E-state index in [-0.39, 0.29) is 43.7 Å². The van der Waals surface area contributed by atoms with E-state index < -0.39 is 114 Å². The van der Waals surface area contributed by atoms with Crippen molar-refractivity contribution in [2.45, 2.75) is 120 Å². The number of benzene rings is 3. The van der Waals surface area contributed by atoms with Gasteiger partial charge in [0.2, 0.25) is 53.2 Å². The van der Waals surface area contributed by atoms with Crippen molar-refractivity contribution < 1.29 is 53.4 Å². The highest BCUT2D eigenvalue weighted by atomic mass is 32.1. The van der Waals surface area contributed by atoms with Crippen LogP contribution in [0.5, 0.6) is 0 Å². The van der Waals surface area contributed by atoms with Crippen LogP contribution in [-0.4, -0.2) is 147 Å². The minimum Gasteiger partial charge on any atom is -0.391 e. The molecular weight excluding hydrogens is 1010 g/mol. The van der Waals surface area contributed by atoms with Gasteiger partial charge >= 0.3 is 0 Å². The van der Waals surface area contributed by atoms with E-state index in [1.54, 1.807) is 72.9 Å². The van der Waals surface area contributed by atoms with Crippen LogP contribution in [0.15, 0.2) is 91.1 Å². The molecule has 3 aromatic carbocycles. The summed E-state index contributed by atoms with van der Waals surface area (Å²) in [5.74, 6) is -8.09. The molecule has 0 unspecified atom stereocenters. The van der Waals surface area contributed by atoms with E-state index >= 15 is 0 Å². The van der Waals surface area contributed by atoms with Crippen molar-refractivity contribution in [3.8, 4) is 0 Å². The second-order valence-electron chi connectivity index (χ2n) is 18.0. The third-order valence-electron chi connectivity index (χ3n) is 12.0. The first-order chi connectivity index (χ1) is 35.8. The normalized spacial score (nSPS) is 15.1. The number of aromatic amines is 1. The van der Waals surface area contributed by atoms with Gasteiger partial charge < -0.3 is 69.2 Å². The van der Waals surface area contributed by atoms with E-state index in [0.29, 0.717) is 24.0 Å². The first-order valence-electron chi connectivity index (χ1n) is 24.4. The number of aromatic nitrogens is 1. The van der Waals surface area contributed by atoms with Gasteiger partial charge in [-0.1, -0.05) is 78.9 Å². The largest absolute Gasteiger partial charge is 0.391 e. The second kappa shape index (κ2) is 30.4. The molecule has 75 heavy (non-hydrogen) atoms. The number of primary amides is 1. The predicted octanol–water partition coefficient (Wildman–Crippen LogP) is -1.67. The van der Waals surface area contributed by atoms with Gasteiger partial charge in [0.15, 0.2) is 0 Å². The molecule has 9 amide bonds. The molecule has 1 aromatic heterocycles. The van der Waals surface area contributed by atoms with Crippen molar-refractivity contribution in [1.29, 1.82) is 0 Å². The molecule has 4 aromatic rings. The number of nitrogens with two attached hydrogens (primary N) is 2. The van der Waals surface area contributed by atoms with Crippen molar-refractivity contribution in [3.05, 3.63) is 108 Å². The first kappa shape index (κ1) is 60.6. The molecule has 0 aliphatic heterocycles. The van der Waals surface area contributed by atoms with Crippen molar-refractivity contribution in [3.63, 3.8) is 0 Å². The molecule has 0 spiro atoms. The van der Waals surface area contributed by atoms with E-state index in [1.165, 1.54) is 20.8 Å². The summed E-state index contributed by atoms with van der Waals surface area (Å²) in [6, 6.07) is 13.7. The van der Waals surface area contributed by atoms with Crippen LogP contribution in [0.2, 0.25) is 0 Å². The van der Waals surface area contributed by atoms with Crippen LogP contribution in [0.3, 0.4) is 0 Å². The van der Waals surface area contributed by atoms with Crippen molar-refractivity contribution in [2.24, 2.45) is 11.5 Å². The fourth-order valence-electron chi connectivity index (χ4n) is 7.94. The highest BCUT2D eigenvalue weighted by Gasteiger charge is 2.36. The van der Waals surface area contributed by atoms with E-state index in [4.69, 9.17) is 11.5 Å². The fraction of sp³-hybridized carbons (Fsp3) is 0.431. The minimum atomic E-state index is -1.71. The monoisotopic (exact) mass is 1080 g/mol. The number of carbonyl (C=O) groups is 9. The number of hydrogen-bond donors (Lipinski definition) is 15. The molecule has 0 saturated carbocycles.